The van der Waals surface area contributed by atoms with Crippen molar-refractivity contribution in [1.29, 1.82) is 0 Å². The van der Waals surface area contributed by atoms with E-state index in [1.165, 1.54) is 0 Å². The van der Waals surface area contributed by atoms with Crippen LogP contribution in [0.1, 0.15) is 22.8 Å². The predicted octanol–water partition coefficient (Wildman–Crippen LogP) is 4.29. The van der Waals surface area contributed by atoms with E-state index >= 15 is 0 Å². The number of nitrogens with zero attached hydrogens (tertiary/aromatic N) is 2. The molecule has 0 spiro atoms. The molecule has 1 heterocycles. The highest BCUT2D eigenvalue weighted by Gasteiger charge is 2.35. The van der Waals surface area contributed by atoms with Gasteiger partial charge >= 0.3 is 0 Å². The van der Waals surface area contributed by atoms with Crippen molar-refractivity contribution in [3.63, 3.8) is 0 Å². The minimum Gasteiger partial charge on any atom is -0.325 e. The normalized spacial score (nSPS) is 17.8. The number of halogens is 2. The summed E-state index contributed by atoms with van der Waals surface area (Å²) < 4.78 is 0.913. The maximum atomic E-state index is 12.9. The molecule has 1 aliphatic heterocycles. The van der Waals surface area contributed by atoms with Gasteiger partial charge in [-0.15, -0.1) is 0 Å². The van der Waals surface area contributed by atoms with E-state index in [1.807, 2.05) is 31.2 Å². The fourth-order valence-electron chi connectivity index (χ4n) is 3.07. The van der Waals surface area contributed by atoms with Crippen molar-refractivity contribution in [2.24, 2.45) is 0 Å². The fourth-order valence-corrected chi connectivity index (χ4v) is 3.56. The largest absolute Gasteiger partial charge is 0.325 e. The van der Waals surface area contributed by atoms with Gasteiger partial charge in [-0.3, -0.25) is 9.59 Å². The van der Waals surface area contributed by atoms with Crippen LogP contribution in [0.15, 0.2) is 46.9 Å². The van der Waals surface area contributed by atoms with Crippen LogP contribution < -0.4 is 4.90 Å². The summed E-state index contributed by atoms with van der Waals surface area (Å²) in [6.07, 6.45) is 0. The number of carbonyl (C=O) groups is 2. The molecule has 1 atom stereocenters. The van der Waals surface area contributed by atoms with Gasteiger partial charge in [0.15, 0.2) is 0 Å². The van der Waals surface area contributed by atoms with E-state index in [4.69, 9.17) is 11.6 Å². The number of piperazine rings is 1. The predicted molar refractivity (Wildman–Crippen MR) is 103 cm³/mol. The van der Waals surface area contributed by atoms with E-state index in [0.717, 1.165) is 15.7 Å². The summed E-state index contributed by atoms with van der Waals surface area (Å²) >= 11 is 9.37. The Labute approximate surface area is 160 Å². The van der Waals surface area contributed by atoms with Gasteiger partial charge in [0.2, 0.25) is 5.91 Å². The molecule has 4 nitrogen and oxygen atoms in total. The topological polar surface area (TPSA) is 40.6 Å². The molecule has 0 radical (unpaired) electrons. The van der Waals surface area contributed by atoms with Crippen LogP contribution >= 0.6 is 27.5 Å². The van der Waals surface area contributed by atoms with Gasteiger partial charge in [-0.05, 0) is 61.9 Å². The molecule has 2 amide bonds. The van der Waals surface area contributed by atoms with Gasteiger partial charge in [0, 0.05) is 33.8 Å². The SMILES string of the molecule is Cc1cc(Cl)ccc1N1CCN(C(=O)c2ccc(Br)cc2)[C@H](C)C1=O. The lowest BCUT2D eigenvalue weighted by atomic mass is 10.1. The maximum Gasteiger partial charge on any atom is 0.254 e. The maximum absolute atomic E-state index is 12.9. The van der Waals surface area contributed by atoms with Crippen LogP contribution in [0.25, 0.3) is 0 Å². The molecule has 130 valence electrons. The molecule has 0 saturated carbocycles. The Kier molecular flexibility index (Phi) is 5.16. The number of carbonyl (C=O) groups excluding carboxylic acids is 2. The molecule has 1 saturated heterocycles. The Hall–Kier alpha value is -1.85. The molecule has 0 aromatic heterocycles. The highest BCUT2D eigenvalue weighted by molar-refractivity contribution is 9.10. The van der Waals surface area contributed by atoms with Crippen LogP contribution in [-0.2, 0) is 4.79 Å². The number of hydrogen-bond donors (Lipinski definition) is 0. The van der Waals surface area contributed by atoms with Gasteiger partial charge in [0.05, 0.1) is 0 Å². The van der Waals surface area contributed by atoms with Crippen molar-refractivity contribution in [2.75, 3.05) is 18.0 Å². The number of hydrogen-bond acceptors (Lipinski definition) is 2. The first-order valence-electron chi connectivity index (χ1n) is 8.02. The second-order valence-corrected chi connectivity index (χ2v) is 7.45. The molecule has 2 aromatic carbocycles. The monoisotopic (exact) mass is 420 g/mol. The van der Waals surface area contributed by atoms with Crippen molar-refractivity contribution in [2.45, 2.75) is 19.9 Å². The lowest BCUT2D eigenvalue weighted by Gasteiger charge is -2.39. The summed E-state index contributed by atoms with van der Waals surface area (Å²) in [7, 11) is 0. The Balaban J connectivity index is 1.81. The van der Waals surface area contributed by atoms with Crippen molar-refractivity contribution in [3.05, 3.63) is 63.1 Å². The highest BCUT2D eigenvalue weighted by atomic mass is 79.9. The summed E-state index contributed by atoms with van der Waals surface area (Å²) in [5.41, 5.74) is 2.37. The molecule has 25 heavy (non-hydrogen) atoms. The average molecular weight is 422 g/mol. The molecule has 0 unspecified atom stereocenters. The standard InChI is InChI=1S/C19H18BrClN2O2/c1-12-11-16(21)7-8-17(12)23-10-9-22(13(2)18(23)24)19(25)14-3-5-15(20)6-4-14/h3-8,11,13H,9-10H2,1-2H3/t13-/m1/s1. The zero-order valence-corrected chi connectivity index (χ0v) is 16.3. The quantitative estimate of drug-likeness (QED) is 0.726. The summed E-state index contributed by atoms with van der Waals surface area (Å²) in [6, 6.07) is 12.1. The molecule has 1 aliphatic rings. The molecule has 2 aromatic rings. The third-order valence-corrected chi connectivity index (χ3v) is 5.22. The van der Waals surface area contributed by atoms with Gasteiger partial charge < -0.3 is 9.80 Å². The molecule has 3 rings (SSSR count). The minimum atomic E-state index is -0.514. The third-order valence-electron chi connectivity index (χ3n) is 4.46. The lowest BCUT2D eigenvalue weighted by molar-refractivity contribution is -0.124. The fraction of sp³-hybridized carbons (Fsp3) is 0.263. The smallest absolute Gasteiger partial charge is 0.254 e. The van der Waals surface area contributed by atoms with Gasteiger partial charge in [-0.25, -0.2) is 0 Å². The summed E-state index contributed by atoms with van der Waals surface area (Å²) in [6.45, 7) is 4.66. The Morgan fingerprint density at radius 1 is 1.16 bits per heavy atom. The average Bonchev–Trinajstić information content (AvgIpc) is 2.58. The number of anilines is 1. The molecule has 1 fully saturated rings. The molecule has 0 N–H and O–H groups in total. The summed E-state index contributed by atoms with van der Waals surface area (Å²) in [4.78, 5) is 29.0. The molecule has 6 heteroatoms. The van der Waals surface area contributed by atoms with Crippen LogP contribution in [0.2, 0.25) is 5.02 Å². The second kappa shape index (κ2) is 7.18. The van der Waals surface area contributed by atoms with E-state index in [0.29, 0.717) is 23.7 Å². The third kappa shape index (κ3) is 3.58. The summed E-state index contributed by atoms with van der Waals surface area (Å²) in [5.74, 6) is -0.206. The van der Waals surface area contributed by atoms with E-state index in [9.17, 15) is 9.59 Å². The number of amides is 2. The van der Waals surface area contributed by atoms with Gasteiger partial charge in [-0.2, -0.15) is 0 Å². The number of benzene rings is 2. The molecule has 0 aliphatic carbocycles. The highest BCUT2D eigenvalue weighted by Crippen LogP contribution is 2.27. The van der Waals surface area contributed by atoms with Gasteiger partial charge in [-0.1, -0.05) is 27.5 Å². The van der Waals surface area contributed by atoms with Crippen LogP contribution in [0.5, 0.6) is 0 Å². The lowest BCUT2D eigenvalue weighted by Crippen LogP contribution is -2.57. The van der Waals surface area contributed by atoms with Crippen LogP contribution in [0, 0.1) is 6.92 Å². The van der Waals surface area contributed by atoms with Crippen LogP contribution in [0.3, 0.4) is 0 Å². The van der Waals surface area contributed by atoms with Crippen molar-refractivity contribution >= 4 is 45.0 Å². The van der Waals surface area contributed by atoms with Crippen molar-refractivity contribution in [1.82, 2.24) is 4.90 Å². The number of rotatable bonds is 2. The first-order chi connectivity index (χ1) is 11.9. The van der Waals surface area contributed by atoms with E-state index < -0.39 is 6.04 Å². The molecular formula is C19H18BrClN2O2. The van der Waals surface area contributed by atoms with E-state index in [-0.39, 0.29) is 11.8 Å². The van der Waals surface area contributed by atoms with Crippen LogP contribution in [0.4, 0.5) is 5.69 Å². The first-order valence-corrected chi connectivity index (χ1v) is 9.19. The van der Waals surface area contributed by atoms with Crippen LogP contribution in [-0.4, -0.2) is 35.8 Å². The molecular weight excluding hydrogens is 404 g/mol. The van der Waals surface area contributed by atoms with Crippen molar-refractivity contribution in [3.8, 4) is 0 Å². The van der Waals surface area contributed by atoms with Gasteiger partial charge in [0.25, 0.3) is 5.91 Å². The summed E-state index contributed by atoms with van der Waals surface area (Å²) in [5, 5.41) is 0.644. The van der Waals surface area contributed by atoms with E-state index in [1.54, 1.807) is 34.9 Å². The molecule has 0 bridgehead atoms. The first kappa shape index (κ1) is 18.0. The number of aryl methyl sites for hydroxylation is 1. The Morgan fingerprint density at radius 2 is 1.84 bits per heavy atom. The van der Waals surface area contributed by atoms with Crippen molar-refractivity contribution < 1.29 is 9.59 Å². The van der Waals surface area contributed by atoms with E-state index in [2.05, 4.69) is 15.9 Å². The zero-order chi connectivity index (χ0) is 18.1. The zero-order valence-electron chi connectivity index (χ0n) is 14.0. The minimum absolute atomic E-state index is 0.0814. The second-order valence-electron chi connectivity index (χ2n) is 6.10. The van der Waals surface area contributed by atoms with Gasteiger partial charge in [0.1, 0.15) is 6.04 Å². The Bertz CT molecular complexity index is 823. The Morgan fingerprint density at radius 3 is 2.48 bits per heavy atom.